The maximum Gasteiger partial charge on any atom is 0.212 e. The molecule has 0 amide bonds. The molecule has 172 valence electrons. The molecule has 2 aromatic carbocycles. The van der Waals surface area contributed by atoms with Gasteiger partial charge >= 0.3 is 0 Å². The van der Waals surface area contributed by atoms with Gasteiger partial charge in [0.15, 0.2) is 10.8 Å². The summed E-state index contributed by atoms with van der Waals surface area (Å²) in [5.41, 5.74) is 4.74. The van der Waals surface area contributed by atoms with Gasteiger partial charge in [-0.1, -0.05) is 72.8 Å². The van der Waals surface area contributed by atoms with Gasteiger partial charge in [0.1, 0.15) is 4.83 Å². The number of aryl methyl sites for hydroxylation is 1. The maximum atomic E-state index is 6.06. The van der Waals surface area contributed by atoms with E-state index in [0.29, 0.717) is 12.5 Å². The number of hydrogen-bond acceptors (Lipinski definition) is 6. The number of rotatable bonds is 6. The Bertz CT molecular complexity index is 1460. The Kier molecular flexibility index (Phi) is 5.93. The van der Waals surface area contributed by atoms with Crippen LogP contribution in [0.15, 0.2) is 59.8 Å². The summed E-state index contributed by atoms with van der Waals surface area (Å²) in [6.07, 6.45) is 3.45. The lowest BCUT2D eigenvalue weighted by Gasteiger charge is -2.18. The van der Waals surface area contributed by atoms with Gasteiger partial charge < -0.3 is 5.32 Å². The third kappa shape index (κ3) is 4.17. The third-order valence-electron chi connectivity index (χ3n) is 6.34. The lowest BCUT2D eigenvalue weighted by molar-refractivity contribution is 0.508. The average Bonchev–Trinajstić information content (AvgIpc) is 3.44. The molecule has 0 spiro atoms. The van der Waals surface area contributed by atoms with Crippen molar-refractivity contribution < 1.29 is 0 Å². The van der Waals surface area contributed by atoms with E-state index in [1.165, 1.54) is 33.4 Å². The number of fused-ring (bicyclic) bond motifs is 5. The van der Waals surface area contributed by atoms with Crippen LogP contribution in [-0.4, -0.2) is 19.6 Å². The summed E-state index contributed by atoms with van der Waals surface area (Å²) < 4.78 is 2.11. The summed E-state index contributed by atoms with van der Waals surface area (Å²) in [7, 11) is 0. The largest absolute Gasteiger partial charge is 0.351 e. The Balaban J connectivity index is 1.43. The van der Waals surface area contributed by atoms with Crippen LogP contribution in [0.2, 0.25) is 5.02 Å². The smallest absolute Gasteiger partial charge is 0.212 e. The molecule has 0 saturated carbocycles. The van der Waals surface area contributed by atoms with E-state index in [-0.39, 0.29) is 0 Å². The lowest BCUT2D eigenvalue weighted by Crippen LogP contribution is -2.10. The van der Waals surface area contributed by atoms with Crippen molar-refractivity contribution in [3.8, 4) is 0 Å². The fourth-order valence-electron chi connectivity index (χ4n) is 4.54. The van der Waals surface area contributed by atoms with Crippen molar-refractivity contribution in [2.75, 3.05) is 5.32 Å². The molecule has 6 rings (SSSR count). The number of aromatic nitrogens is 4. The van der Waals surface area contributed by atoms with Crippen LogP contribution in [0, 0.1) is 5.92 Å². The maximum absolute atomic E-state index is 6.06. The van der Waals surface area contributed by atoms with Gasteiger partial charge in [0.25, 0.3) is 0 Å². The molecular weight excluding hydrogens is 482 g/mol. The minimum absolute atomic E-state index is 0.683. The highest BCUT2D eigenvalue weighted by Crippen LogP contribution is 2.40. The first-order valence-corrected chi connectivity index (χ1v) is 13.7. The molecule has 0 fully saturated rings. The summed E-state index contributed by atoms with van der Waals surface area (Å²) in [5.74, 6) is 2.26. The van der Waals surface area contributed by atoms with Gasteiger partial charge in [-0.25, -0.2) is 9.38 Å². The number of thioether (sulfide) groups is 1. The van der Waals surface area contributed by atoms with E-state index in [2.05, 4.69) is 58.1 Å². The highest BCUT2D eigenvalue weighted by atomic mass is 35.5. The molecule has 1 atom stereocenters. The van der Waals surface area contributed by atoms with Crippen LogP contribution in [0.3, 0.4) is 0 Å². The summed E-state index contributed by atoms with van der Waals surface area (Å²) >= 11 is 9.55. The fourth-order valence-corrected chi connectivity index (χ4v) is 6.76. The van der Waals surface area contributed by atoms with E-state index in [1.807, 2.05) is 29.5 Å². The molecule has 5 nitrogen and oxygen atoms in total. The third-order valence-corrected chi connectivity index (χ3v) is 8.78. The Labute approximate surface area is 211 Å². The molecule has 1 aliphatic carbocycles. The Hall–Kier alpha value is -2.61. The van der Waals surface area contributed by atoms with Crippen molar-refractivity contribution in [2.45, 2.75) is 43.6 Å². The van der Waals surface area contributed by atoms with Crippen LogP contribution in [0.1, 0.15) is 34.9 Å². The van der Waals surface area contributed by atoms with Crippen LogP contribution in [0.25, 0.3) is 15.9 Å². The molecule has 0 bridgehead atoms. The number of nitrogens with zero attached hydrogens (tertiary/aromatic N) is 4. The second kappa shape index (κ2) is 9.21. The summed E-state index contributed by atoms with van der Waals surface area (Å²) in [6.45, 7) is 3.03. The van der Waals surface area contributed by atoms with Crippen LogP contribution < -0.4 is 5.32 Å². The number of nitrogens with one attached hydrogen (secondary N) is 1. The van der Waals surface area contributed by atoms with Gasteiger partial charge in [0, 0.05) is 22.2 Å². The zero-order valence-electron chi connectivity index (χ0n) is 18.8. The van der Waals surface area contributed by atoms with Crippen LogP contribution >= 0.6 is 34.7 Å². The van der Waals surface area contributed by atoms with Crippen LogP contribution in [0.5, 0.6) is 0 Å². The summed E-state index contributed by atoms with van der Waals surface area (Å²) in [4.78, 5) is 7.63. The normalized spacial score (nSPS) is 15.6. The summed E-state index contributed by atoms with van der Waals surface area (Å²) in [6, 6.07) is 18.4. The molecule has 0 saturated heterocycles. The second-order valence-electron chi connectivity index (χ2n) is 8.86. The zero-order chi connectivity index (χ0) is 23.1. The van der Waals surface area contributed by atoms with Gasteiger partial charge in [-0.15, -0.1) is 21.5 Å². The van der Waals surface area contributed by atoms with E-state index in [9.17, 15) is 0 Å². The van der Waals surface area contributed by atoms with Crippen molar-refractivity contribution in [2.24, 2.45) is 5.92 Å². The molecule has 3 heterocycles. The average molecular weight is 506 g/mol. The SMILES string of the molecule is CC1CCc2sc3nc(NCc4ccccc4)n4c(SCc5ccc(Cl)cc5)nnc4c3c2C1. The standard InChI is InChI=1S/C26H24ClN5S2/c1-16-7-12-21-20(13-16)22-23-30-31-26(33-15-18-8-10-19(27)11-9-18)32(23)25(29-24(22)34-21)28-14-17-5-3-2-4-6-17/h2-6,8-11,16H,7,12-15H2,1H3,(H,28,29). The number of benzene rings is 2. The minimum atomic E-state index is 0.683. The zero-order valence-corrected chi connectivity index (χ0v) is 21.2. The molecule has 8 heteroatoms. The molecular formula is C26H24ClN5S2. The second-order valence-corrected chi connectivity index (χ2v) is 11.3. The van der Waals surface area contributed by atoms with Crippen molar-refractivity contribution >= 4 is 56.5 Å². The number of halogens is 1. The van der Waals surface area contributed by atoms with Crippen molar-refractivity contribution in [1.29, 1.82) is 0 Å². The minimum Gasteiger partial charge on any atom is -0.351 e. The van der Waals surface area contributed by atoms with Gasteiger partial charge in [-0.05, 0) is 54.0 Å². The van der Waals surface area contributed by atoms with E-state index < -0.39 is 0 Å². The molecule has 5 aromatic rings. The van der Waals surface area contributed by atoms with E-state index >= 15 is 0 Å². The highest BCUT2D eigenvalue weighted by molar-refractivity contribution is 7.98. The molecule has 1 aliphatic rings. The Morgan fingerprint density at radius 2 is 1.91 bits per heavy atom. The predicted octanol–water partition coefficient (Wildman–Crippen LogP) is 7.02. The van der Waals surface area contributed by atoms with E-state index in [1.54, 1.807) is 11.8 Å². The fraction of sp³-hybridized carbons (Fsp3) is 0.269. The summed E-state index contributed by atoms with van der Waals surface area (Å²) in [5, 5.41) is 15.6. The van der Waals surface area contributed by atoms with Gasteiger partial charge in [0.2, 0.25) is 5.95 Å². The van der Waals surface area contributed by atoms with Crippen molar-refractivity contribution in [1.82, 2.24) is 19.6 Å². The van der Waals surface area contributed by atoms with Crippen molar-refractivity contribution in [3.05, 3.63) is 81.2 Å². The number of hydrogen-bond donors (Lipinski definition) is 1. The Morgan fingerprint density at radius 3 is 2.74 bits per heavy atom. The number of anilines is 1. The first-order valence-electron chi connectivity index (χ1n) is 11.5. The van der Waals surface area contributed by atoms with Gasteiger partial charge in [-0.3, -0.25) is 0 Å². The lowest BCUT2D eigenvalue weighted by atomic mass is 9.89. The first-order chi connectivity index (χ1) is 16.7. The highest BCUT2D eigenvalue weighted by Gasteiger charge is 2.25. The quantitative estimate of drug-likeness (QED) is 0.251. The Morgan fingerprint density at radius 1 is 1.09 bits per heavy atom. The van der Waals surface area contributed by atoms with Gasteiger partial charge in [0.05, 0.1) is 5.39 Å². The monoisotopic (exact) mass is 505 g/mol. The van der Waals surface area contributed by atoms with E-state index in [0.717, 1.165) is 45.2 Å². The van der Waals surface area contributed by atoms with Crippen LogP contribution in [0.4, 0.5) is 5.95 Å². The van der Waals surface area contributed by atoms with E-state index in [4.69, 9.17) is 21.7 Å². The van der Waals surface area contributed by atoms with Crippen LogP contribution in [-0.2, 0) is 25.1 Å². The predicted molar refractivity (Wildman–Crippen MR) is 142 cm³/mol. The molecule has 0 radical (unpaired) electrons. The molecule has 1 unspecified atom stereocenters. The topological polar surface area (TPSA) is 55.1 Å². The molecule has 0 aliphatic heterocycles. The van der Waals surface area contributed by atoms with Gasteiger partial charge in [-0.2, -0.15) is 0 Å². The first kappa shape index (κ1) is 21.9. The molecule has 3 aromatic heterocycles. The molecule has 1 N–H and O–H groups in total. The molecule has 34 heavy (non-hydrogen) atoms. The van der Waals surface area contributed by atoms with Crippen molar-refractivity contribution in [3.63, 3.8) is 0 Å². The number of thiophene rings is 1.